The van der Waals surface area contributed by atoms with Gasteiger partial charge in [-0.15, -0.1) is 0 Å². The molecule has 0 fully saturated rings. The van der Waals surface area contributed by atoms with E-state index < -0.39 is 6.03 Å². The predicted octanol–water partition coefficient (Wildman–Crippen LogP) is -0.528. The number of nitrogens with two attached hydrogens (primary N) is 2. The number of primary amides is 1. The van der Waals surface area contributed by atoms with Gasteiger partial charge in [0, 0.05) is 19.6 Å². The molecule has 6 nitrogen and oxygen atoms in total. The molecular weight excluding hydrogens is 232 g/mol. The monoisotopic (exact) mass is 250 g/mol. The Hall–Kier alpha value is -2.08. The quantitative estimate of drug-likeness (QED) is 0.509. The molecule has 0 aromatic heterocycles. The van der Waals surface area contributed by atoms with E-state index in [0.717, 1.165) is 11.1 Å². The first-order chi connectivity index (χ1) is 8.61. The van der Waals surface area contributed by atoms with Crippen LogP contribution in [0.2, 0.25) is 0 Å². The van der Waals surface area contributed by atoms with Crippen molar-refractivity contribution in [3.8, 4) is 0 Å². The van der Waals surface area contributed by atoms with Gasteiger partial charge in [0.05, 0.1) is 6.42 Å². The first kappa shape index (κ1) is 14.0. The molecule has 98 valence electrons. The molecule has 6 N–H and O–H groups in total. The Kier molecular flexibility index (Phi) is 5.66. The van der Waals surface area contributed by atoms with Gasteiger partial charge in [-0.2, -0.15) is 0 Å². The van der Waals surface area contributed by atoms with E-state index in [2.05, 4.69) is 10.6 Å². The SMILES string of the molecule is NCc1ccc(CC(=O)NCCNC(N)=O)cc1. The van der Waals surface area contributed by atoms with Crippen molar-refractivity contribution in [1.29, 1.82) is 0 Å². The lowest BCUT2D eigenvalue weighted by molar-refractivity contribution is -0.120. The first-order valence-electron chi connectivity index (χ1n) is 5.69. The summed E-state index contributed by atoms with van der Waals surface area (Å²) in [5, 5.41) is 5.07. The summed E-state index contributed by atoms with van der Waals surface area (Å²) in [4.78, 5) is 21.9. The van der Waals surface area contributed by atoms with Gasteiger partial charge < -0.3 is 22.1 Å². The van der Waals surface area contributed by atoms with Crippen LogP contribution in [0.4, 0.5) is 4.79 Å². The minimum absolute atomic E-state index is 0.0956. The van der Waals surface area contributed by atoms with E-state index in [1.54, 1.807) is 0 Å². The summed E-state index contributed by atoms with van der Waals surface area (Å²) in [6.07, 6.45) is 0.307. The molecule has 0 unspecified atom stereocenters. The van der Waals surface area contributed by atoms with Crippen LogP contribution in [0.15, 0.2) is 24.3 Å². The molecule has 1 aromatic rings. The Labute approximate surface area is 106 Å². The molecule has 0 aliphatic heterocycles. The molecule has 0 aliphatic carbocycles. The third-order valence-electron chi connectivity index (χ3n) is 2.37. The van der Waals surface area contributed by atoms with E-state index in [9.17, 15) is 9.59 Å². The topological polar surface area (TPSA) is 110 Å². The Morgan fingerprint density at radius 2 is 1.56 bits per heavy atom. The Bertz CT molecular complexity index is 403. The Morgan fingerprint density at radius 3 is 2.11 bits per heavy atom. The van der Waals surface area contributed by atoms with Crippen LogP contribution >= 0.6 is 0 Å². The fourth-order valence-corrected chi connectivity index (χ4v) is 1.43. The van der Waals surface area contributed by atoms with Gasteiger partial charge in [0.25, 0.3) is 0 Å². The summed E-state index contributed by atoms with van der Waals surface area (Å²) in [7, 11) is 0. The molecular formula is C12H18N4O2. The highest BCUT2D eigenvalue weighted by Gasteiger charge is 2.02. The lowest BCUT2D eigenvalue weighted by atomic mass is 10.1. The number of urea groups is 1. The number of amides is 3. The molecule has 0 bridgehead atoms. The van der Waals surface area contributed by atoms with Crippen molar-refractivity contribution in [3.05, 3.63) is 35.4 Å². The van der Waals surface area contributed by atoms with Crippen molar-refractivity contribution in [3.63, 3.8) is 0 Å². The number of carbonyl (C=O) groups excluding carboxylic acids is 2. The van der Waals surface area contributed by atoms with Gasteiger partial charge in [-0.25, -0.2) is 4.79 Å². The van der Waals surface area contributed by atoms with Crippen LogP contribution in [0.3, 0.4) is 0 Å². The maximum atomic E-state index is 11.5. The molecule has 1 rings (SSSR count). The predicted molar refractivity (Wildman–Crippen MR) is 68.6 cm³/mol. The van der Waals surface area contributed by atoms with E-state index in [-0.39, 0.29) is 5.91 Å². The Balaban J connectivity index is 2.28. The maximum Gasteiger partial charge on any atom is 0.312 e. The van der Waals surface area contributed by atoms with Crippen LogP contribution in [0.5, 0.6) is 0 Å². The molecule has 0 atom stereocenters. The summed E-state index contributed by atoms with van der Waals surface area (Å²) in [6, 6.07) is 6.96. The highest BCUT2D eigenvalue weighted by atomic mass is 16.2. The van der Waals surface area contributed by atoms with Crippen molar-refractivity contribution in [1.82, 2.24) is 10.6 Å². The standard InChI is InChI=1S/C12H18N4O2/c13-8-10-3-1-9(2-4-10)7-11(17)15-5-6-16-12(14)18/h1-4H,5-8,13H2,(H,15,17)(H3,14,16,18). The fourth-order valence-electron chi connectivity index (χ4n) is 1.43. The van der Waals surface area contributed by atoms with Crippen LogP contribution in [-0.4, -0.2) is 25.0 Å². The van der Waals surface area contributed by atoms with Crippen molar-refractivity contribution in [2.75, 3.05) is 13.1 Å². The van der Waals surface area contributed by atoms with Gasteiger partial charge in [0.2, 0.25) is 5.91 Å². The van der Waals surface area contributed by atoms with Gasteiger partial charge in [0.1, 0.15) is 0 Å². The lowest BCUT2D eigenvalue weighted by Crippen LogP contribution is -2.37. The molecule has 0 radical (unpaired) electrons. The van der Waals surface area contributed by atoms with E-state index in [1.165, 1.54) is 0 Å². The van der Waals surface area contributed by atoms with E-state index in [4.69, 9.17) is 11.5 Å². The molecule has 3 amide bonds. The number of benzene rings is 1. The molecule has 0 heterocycles. The minimum atomic E-state index is -0.596. The summed E-state index contributed by atoms with van der Waals surface area (Å²) >= 11 is 0. The molecule has 18 heavy (non-hydrogen) atoms. The lowest BCUT2D eigenvalue weighted by Gasteiger charge is -2.06. The summed E-state index contributed by atoms with van der Waals surface area (Å²) in [5.41, 5.74) is 12.3. The Morgan fingerprint density at radius 1 is 1.00 bits per heavy atom. The van der Waals surface area contributed by atoms with Gasteiger partial charge in [-0.3, -0.25) is 4.79 Å². The van der Waals surface area contributed by atoms with Crippen molar-refractivity contribution in [2.45, 2.75) is 13.0 Å². The fraction of sp³-hybridized carbons (Fsp3) is 0.333. The minimum Gasteiger partial charge on any atom is -0.354 e. The molecule has 0 saturated heterocycles. The third kappa shape index (κ3) is 5.31. The molecule has 0 aliphatic rings. The van der Waals surface area contributed by atoms with Crippen LogP contribution in [-0.2, 0) is 17.8 Å². The van der Waals surface area contributed by atoms with E-state index in [0.29, 0.717) is 26.1 Å². The third-order valence-corrected chi connectivity index (χ3v) is 2.37. The van der Waals surface area contributed by atoms with Gasteiger partial charge in [0.15, 0.2) is 0 Å². The second-order valence-electron chi connectivity index (χ2n) is 3.84. The van der Waals surface area contributed by atoms with Gasteiger partial charge in [-0.1, -0.05) is 24.3 Å². The zero-order chi connectivity index (χ0) is 13.4. The number of rotatable bonds is 6. The van der Waals surface area contributed by atoms with Crippen molar-refractivity contribution in [2.24, 2.45) is 11.5 Å². The van der Waals surface area contributed by atoms with Crippen LogP contribution in [0, 0.1) is 0 Å². The average molecular weight is 250 g/mol. The van der Waals surface area contributed by atoms with E-state index >= 15 is 0 Å². The summed E-state index contributed by atoms with van der Waals surface area (Å²) in [5.74, 6) is -0.0956. The molecule has 1 aromatic carbocycles. The van der Waals surface area contributed by atoms with Crippen LogP contribution < -0.4 is 22.1 Å². The second kappa shape index (κ2) is 7.29. The summed E-state index contributed by atoms with van der Waals surface area (Å²) in [6.45, 7) is 1.18. The zero-order valence-corrected chi connectivity index (χ0v) is 10.1. The number of hydrogen-bond acceptors (Lipinski definition) is 3. The molecule has 0 spiro atoms. The molecule has 6 heteroatoms. The smallest absolute Gasteiger partial charge is 0.312 e. The first-order valence-corrected chi connectivity index (χ1v) is 5.69. The van der Waals surface area contributed by atoms with Gasteiger partial charge >= 0.3 is 6.03 Å². The maximum absolute atomic E-state index is 11.5. The zero-order valence-electron chi connectivity index (χ0n) is 10.1. The average Bonchev–Trinajstić information content (AvgIpc) is 2.35. The number of carbonyl (C=O) groups is 2. The largest absolute Gasteiger partial charge is 0.354 e. The molecule has 0 saturated carbocycles. The van der Waals surface area contributed by atoms with E-state index in [1.807, 2.05) is 24.3 Å². The van der Waals surface area contributed by atoms with Crippen LogP contribution in [0.1, 0.15) is 11.1 Å². The van der Waals surface area contributed by atoms with Crippen molar-refractivity contribution >= 4 is 11.9 Å². The second-order valence-corrected chi connectivity index (χ2v) is 3.84. The van der Waals surface area contributed by atoms with Crippen molar-refractivity contribution < 1.29 is 9.59 Å². The van der Waals surface area contributed by atoms with Gasteiger partial charge in [-0.05, 0) is 11.1 Å². The number of hydrogen-bond donors (Lipinski definition) is 4. The summed E-state index contributed by atoms with van der Waals surface area (Å²) < 4.78 is 0. The highest BCUT2D eigenvalue weighted by molar-refractivity contribution is 5.78. The number of nitrogens with one attached hydrogen (secondary N) is 2. The van der Waals surface area contributed by atoms with Crippen LogP contribution in [0.25, 0.3) is 0 Å². The highest BCUT2D eigenvalue weighted by Crippen LogP contribution is 2.04. The normalized spacial score (nSPS) is 9.83.